The van der Waals surface area contributed by atoms with Gasteiger partial charge in [-0.15, -0.1) is 0 Å². The molecule has 2 heterocycles. The lowest BCUT2D eigenvalue weighted by molar-refractivity contribution is 0.0925. The number of rotatable bonds is 6. The van der Waals surface area contributed by atoms with Crippen molar-refractivity contribution in [1.82, 2.24) is 15.5 Å². The lowest BCUT2D eigenvalue weighted by Gasteiger charge is -2.37. The van der Waals surface area contributed by atoms with Crippen LogP contribution in [0, 0.1) is 6.92 Å². The second kappa shape index (κ2) is 10.2. The molecule has 8 heteroatoms. The number of aryl methyl sites for hydroxylation is 1. The van der Waals surface area contributed by atoms with Crippen LogP contribution in [0.1, 0.15) is 22.5 Å². The third-order valence-corrected chi connectivity index (χ3v) is 5.19. The Bertz CT molecular complexity index is 843. The molecule has 0 unspecified atom stereocenters. The summed E-state index contributed by atoms with van der Waals surface area (Å²) in [7, 11) is 1.80. The molecule has 0 aliphatic carbocycles. The third-order valence-electron chi connectivity index (χ3n) is 4.95. The molecule has 1 amide bonds. The highest BCUT2D eigenvalue weighted by atomic mass is 35.5. The van der Waals surface area contributed by atoms with Crippen LogP contribution < -0.4 is 15.5 Å². The number of piperazine rings is 1. The molecule has 1 aliphatic rings. The Morgan fingerprint density at radius 2 is 1.93 bits per heavy atom. The van der Waals surface area contributed by atoms with Gasteiger partial charge < -0.3 is 24.9 Å². The fourth-order valence-corrected chi connectivity index (χ4v) is 3.54. The van der Waals surface area contributed by atoms with E-state index in [0.717, 1.165) is 61.4 Å². The van der Waals surface area contributed by atoms with Crippen molar-refractivity contribution in [2.24, 2.45) is 4.99 Å². The summed E-state index contributed by atoms with van der Waals surface area (Å²) in [6.07, 6.45) is 2.33. The molecule has 0 spiro atoms. The van der Waals surface area contributed by atoms with Crippen molar-refractivity contribution in [2.75, 3.05) is 51.2 Å². The topological polar surface area (TPSA) is 73.1 Å². The number of carbonyl (C=O) groups is 1. The van der Waals surface area contributed by atoms with E-state index in [1.807, 2.05) is 25.1 Å². The van der Waals surface area contributed by atoms with Crippen LogP contribution in [0.3, 0.4) is 0 Å². The number of furan rings is 1. The van der Waals surface area contributed by atoms with Gasteiger partial charge in [0.2, 0.25) is 0 Å². The Kier molecular flexibility index (Phi) is 7.41. The van der Waals surface area contributed by atoms with E-state index in [1.54, 1.807) is 13.1 Å². The first-order valence-corrected chi connectivity index (χ1v) is 10.2. The molecule has 29 heavy (non-hydrogen) atoms. The Balaban J connectivity index is 1.37. The molecule has 7 nitrogen and oxygen atoms in total. The second-order valence-corrected chi connectivity index (χ2v) is 7.41. The predicted octanol–water partition coefficient (Wildman–Crippen LogP) is 2.76. The summed E-state index contributed by atoms with van der Waals surface area (Å²) in [5.41, 5.74) is 2.00. The predicted molar refractivity (Wildman–Crippen MR) is 117 cm³/mol. The maximum Gasteiger partial charge on any atom is 0.287 e. The Morgan fingerprint density at radius 3 is 2.59 bits per heavy atom. The van der Waals surface area contributed by atoms with E-state index in [9.17, 15) is 4.79 Å². The summed E-state index contributed by atoms with van der Waals surface area (Å²) < 4.78 is 5.20. The van der Waals surface area contributed by atoms with E-state index < -0.39 is 0 Å². The highest BCUT2D eigenvalue weighted by molar-refractivity contribution is 6.30. The minimum Gasteiger partial charge on any atom is -0.459 e. The summed E-state index contributed by atoms with van der Waals surface area (Å²) in [6, 6.07) is 9.75. The van der Waals surface area contributed by atoms with Gasteiger partial charge in [-0.25, -0.2) is 0 Å². The van der Waals surface area contributed by atoms with E-state index in [0.29, 0.717) is 12.3 Å². The number of guanidine groups is 1. The number of carbonyl (C=O) groups excluding carboxylic acids is 1. The summed E-state index contributed by atoms with van der Waals surface area (Å²) in [6.45, 7) is 6.78. The number of nitrogens with zero attached hydrogens (tertiary/aromatic N) is 3. The van der Waals surface area contributed by atoms with Crippen LogP contribution in [-0.4, -0.2) is 63.1 Å². The lowest BCUT2D eigenvalue weighted by atomic mass is 10.2. The first-order valence-electron chi connectivity index (χ1n) is 9.87. The van der Waals surface area contributed by atoms with Gasteiger partial charge in [0.1, 0.15) is 0 Å². The summed E-state index contributed by atoms with van der Waals surface area (Å²) in [5.74, 6) is 1.10. The van der Waals surface area contributed by atoms with E-state index in [2.05, 4.69) is 31.5 Å². The highest BCUT2D eigenvalue weighted by Gasteiger charge is 2.20. The standard InChI is InChI=1S/C21H28ClN5O2/c1-16-7-14-29-19(16)20(28)24-8-4-9-25-21(23-2)27-12-10-26(11-13-27)18-6-3-5-17(22)15-18/h3,5-7,14-15H,4,8-13H2,1-2H3,(H,23,25)(H,24,28). The monoisotopic (exact) mass is 417 g/mol. The normalized spacial score (nSPS) is 14.8. The number of benzene rings is 1. The quantitative estimate of drug-likeness (QED) is 0.429. The van der Waals surface area contributed by atoms with Gasteiger partial charge in [-0.2, -0.15) is 0 Å². The molecule has 0 radical (unpaired) electrons. The van der Waals surface area contributed by atoms with Crippen molar-refractivity contribution in [2.45, 2.75) is 13.3 Å². The van der Waals surface area contributed by atoms with Crippen LogP contribution in [0.15, 0.2) is 46.0 Å². The Morgan fingerprint density at radius 1 is 1.17 bits per heavy atom. The molecule has 1 saturated heterocycles. The number of amides is 1. The maximum atomic E-state index is 12.0. The number of aliphatic imine (C=N–C) groups is 1. The van der Waals surface area contributed by atoms with Gasteiger partial charge in [-0.3, -0.25) is 9.79 Å². The van der Waals surface area contributed by atoms with Crippen molar-refractivity contribution in [3.05, 3.63) is 52.9 Å². The average molecular weight is 418 g/mol. The van der Waals surface area contributed by atoms with E-state index in [4.69, 9.17) is 16.0 Å². The van der Waals surface area contributed by atoms with Crippen molar-refractivity contribution in [3.8, 4) is 0 Å². The van der Waals surface area contributed by atoms with Gasteiger partial charge in [0.25, 0.3) is 5.91 Å². The number of anilines is 1. The molecule has 1 aliphatic heterocycles. The minimum atomic E-state index is -0.172. The molecule has 1 aromatic carbocycles. The zero-order valence-electron chi connectivity index (χ0n) is 16.9. The number of nitrogens with one attached hydrogen (secondary N) is 2. The summed E-state index contributed by atoms with van der Waals surface area (Å²) in [5, 5.41) is 7.03. The molecular formula is C21H28ClN5O2. The molecular weight excluding hydrogens is 390 g/mol. The molecule has 156 valence electrons. The van der Waals surface area contributed by atoms with E-state index in [-0.39, 0.29) is 5.91 Å². The van der Waals surface area contributed by atoms with Gasteiger partial charge in [0.05, 0.1) is 6.26 Å². The molecule has 3 rings (SSSR count). The van der Waals surface area contributed by atoms with E-state index in [1.165, 1.54) is 6.26 Å². The first kappa shape index (κ1) is 21.0. The van der Waals surface area contributed by atoms with Gasteiger partial charge in [-0.05, 0) is 37.6 Å². The highest BCUT2D eigenvalue weighted by Crippen LogP contribution is 2.20. The second-order valence-electron chi connectivity index (χ2n) is 6.97. The number of halogens is 1. The SMILES string of the molecule is CN=C(NCCCNC(=O)c1occc1C)N1CCN(c2cccc(Cl)c2)CC1. The Hall–Kier alpha value is -2.67. The van der Waals surface area contributed by atoms with Gasteiger partial charge in [0.15, 0.2) is 11.7 Å². The summed E-state index contributed by atoms with van der Waals surface area (Å²) >= 11 is 6.11. The smallest absolute Gasteiger partial charge is 0.287 e. The van der Waals surface area contributed by atoms with Gasteiger partial charge in [0, 0.05) is 62.6 Å². The van der Waals surface area contributed by atoms with Gasteiger partial charge in [-0.1, -0.05) is 17.7 Å². The molecule has 0 atom stereocenters. The lowest BCUT2D eigenvalue weighted by Crippen LogP contribution is -2.52. The van der Waals surface area contributed by atoms with E-state index >= 15 is 0 Å². The van der Waals surface area contributed by atoms with Crippen LogP contribution in [0.5, 0.6) is 0 Å². The van der Waals surface area contributed by atoms with Gasteiger partial charge >= 0.3 is 0 Å². The molecule has 0 saturated carbocycles. The van der Waals surface area contributed by atoms with Crippen molar-refractivity contribution in [1.29, 1.82) is 0 Å². The van der Waals surface area contributed by atoms with Crippen LogP contribution in [-0.2, 0) is 0 Å². The summed E-state index contributed by atoms with van der Waals surface area (Å²) in [4.78, 5) is 21.0. The van der Waals surface area contributed by atoms with Crippen molar-refractivity contribution in [3.63, 3.8) is 0 Å². The van der Waals surface area contributed by atoms with Crippen molar-refractivity contribution >= 4 is 29.2 Å². The van der Waals surface area contributed by atoms with Crippen LogP contribution >= 0.6 is 11.6 Å². The maximum absolute atomic E-state index is 12.0. The molecule has 2 N–H and O–H groups in total. The van der Waals surface area contributed by atoms with Crippen LogP contribution in [0.25, 0.3) is 0 Å². The largest absolute Gasteiger partial charge is 0.459 e. The van der Waals surface area contributed by atoms with Crippen LogP contribution in [0.2, 0.25) is 5.02 Å². The molecule has 1 aromatic heterocycles. The number of hydrogen-bond donors (Lipinski definition) is 2. The molecule has 0 bridgehead atoms. The third kappa shape index (κ3) is 5.67. The fraction of sp³-hybridized carbons (Fsp3) is 0.429. The van der Waals surface area contributed by atoms with Crippen LogP contribution in [0.4, 0.5) is 5.69 Å². The zero-order valence-corrected chi connectivity index (χ0v) is 17.7. The minimum absolute atomic E-state index is 0.172. The fourth-order valence-electron chi connectivity index (χ4n) is 3.36. The average Bonchev–Trinajstić information content (AvgIpc) is 3.17. The Labute approximate surface area is 176 Å². The zero-order chi connectivity index (χ0) is 20.6. The number of hydrogen-bond acceptors (Lipinski definition) is 4. The molecule has 2 aromatic rings. The first-order chi connectivity index (χ1) is 14.1. The van der Waals surface area contributed by atoms with Crippen molar-refractivity contribution < 1.29 is 9.21 Å². The molecule has 1 fully saturated rings.